The number of carbonyl (C=O) groups excluding carboxylic acids is 1. The van der Waals surface area contributed by atoms with Gasteiger partial charge in [-0.2, -0.15) is 0 Å². The van der Waals surface area contributed by atoms with Crippen LogP contribution in [0.5, 0.6) is 0 Å². The van der Waals surface area contributed by atoms with E-state index in [0.29, 0.717) is 12.5 Å². The van der Waals surface area contributed by atoms with Crippen molar-refractivity contribution < 1.29 is 9.32 Å². The summed E-state index contributed by atoms with van der Waals surface area (Å²) in [4.78, 5) is 11.8. The molecule has 102 valence electrons. The van der Waals surface area contributed by atoms with Crippen molar-refractivity contribution >= 4 is 12.0 Å². The molecule has 4 heteroatoms. The van der Waals surface area contributed by atoms with E-state index in [1.807, 2.05) is 30.3 Å². The van der Waals surface area contributed by atoms with Crippen molar-refractivity contribution in [1.82, 2.24) is 10.5 Å². The van der Waals surface area contributed by atoms with Gasteiger partial charge in [-0.1, -0.05) is 35.5 Å². The topological polar surface area (TPSA) is 55.1 Å². The molecule has 0 aliphatic heterocycles. The molecule has 0 spiro atoms. The van der Waals surface area contributed by atoms with Gasteiger partial charge in [0.1, 0.15) is 5.76 Å². The lowest BCUT2D eigenvalue weighted by atomic mass is 10.2. The molecule has 1 aromatic carbocycles. The van der Waals surface area contributed by atoms with Crippen LogP contribution >= 0.6 is 0 Å². The molecular weight excluding hydrogens is 252 g/mol. The van der Waals surface area contributed by atoms with Crippen LogP contribution in [0.2, 0.25) is 0 Å². The normalized spacial score (nSPS) is 14.6. The summed E-state index contributed by atoms with van der Waals surface area (Å²) in [7, 11) is 0. The smallest absolute Gasteiger partial charge is 0.244 e. The van der Waals surface area contributed by atoms with E-state index < -0.39 is 0 Å². The molecule has 1 fully saturated rings. The van der Waals surface area contributed by atoms with Crippen LogP contribution in [0.4, 0.5) is 0 Å². The Morgan fingerprint density at radius 1 is 1.35 bits per heavy atom. The predicted molar refractivity (Wildman–Crippen MR) is 75.8 cm³/mol. The quantitative estimate of drug-likeness (QED) is 0.848. The molecule has 1 N–H and O–H groups in total. The fourth-order valence-corrected chi connectivity index (χ4v) is 2.06. The summed E-state index contributed by atoms with van der Waals surface area (Å²) in [6, 6.07) is 9.74. The molecule has 2 aromatic rings. The van der Waals surface area contributed by atoms with Crippen LogP contribution in [0.15, 0.2) is 47.1 Å². The first-order valence-electron chi connectivity index (χ1n) is 6.77. The average molecular weight is 268 g/mol. The van der Waals surface area contributed by atoms with Crippen LogP contribution in [-0.4, -0.2) is 11.1 Å². The Hall–Kier alpha value is -2.36. The number of nitrogens with zero attached hydrogens (tertiary/aromatic N) is 1. The van der Waals surface area contributed by atoms with Crippen LogP contribution in [0.25, 0.3) is 6.08 Å². The molecule has 0 saturated heterocycles. The van der Waals surface area contributed by atoms with E-state index in [2.05, 4.69) is 10.5 Å². The van der Waals surface area contributed by atoms with Gasteiger partial charge in [0.05, 0.1) is 6.20 Å². The summed E-state index contributed by atoms with van der Waals surface area (Å²) < 4.78 is 5.23. The van der Waals surface area contributed by atoms with Crippen molar-refractivity contribution in [2.75, 3.05) is 0 Å². The summed E-state index contributed by atoms with van der Waals surface area (Å²) in [6.45, 7) is 0.466. The van der Waals surface area contributed by atoms with E-state index in [-0.39, 0.29) is 5.91 Å². The third kappa shape index (κ3) is 3.15. The van der Waals surface area contributed by atoms with E-state index in [9.17, 15) is 4.79 Å². The second-order valence-corrected chi connectivity index (χ2v) is 4.95. The SMILES string of the molecule is O=C(/C=C/c1ccccc1)NCc1cnoc1C1CC1. The maximum Gasteiger partial charge on any atom is 0.244 e. The second-order valence-electron chi connectivity index (χ2n) is 4.95. The molecule has 0 bridgehead atoms. The Bertz CT molecular complexity index is 612. The standard InChI is InChI=1S/C16H16N2O2/c19-15(9-6-12-4-2-1-3-5-12)17-10-14-11-18-20-16(14)13-7-8-13/h1-6,9,11,13H,7-8,10H2,(H,17,19)/b9-6+. The zero-order valence-corrected chi connectivity index (χ0v) is 11.1. The average Bonchev–Trinajstić information content (AvgIpc) is 3.22. The second kappa shape index (κ2) is 5.74. The van der Waals surface area contributed by atoms with Crippen molar-refractivity contribution in [3.05, 3.63) is 59.5 Å². The van der Waals surface area contributed by atoms with Crippen LogP contribution < -0.4 is 5.32 Å². The number of amides is 1. The van der Waals surface area contributed by atoms with E-state index >= 15 is 0 Å². The lowest BCUT2D eigenvalue weighted by molar-refractivity contribution is -0.116. The number of aromatic nitrogens is 1. The molecule has 1 aliphatic rings. The highest BCUT2D eigenvalue weighted by molar-refractivity contribution is 5.91. The summed E-state index contributed by atoms with van der Waals surface area (Å²) >= 11 is 0. The van der Waals surface area contributed by atoms with Gasteiger partial charge >= 0.3 is 0 Å². The molecule has 1 aliphatic carbocycles. The number of carbonyl (C=O) groups is 1. The summed E-state index contributed by atoms with van der Waals surface area (Å²) in [6.07, 6.45) is 7.34. The molecule has 1 amide bonds. The minimum atomic E-state index is -0.114. The van der Waals surface area contributed by atoms with E-state index in [1.54, 1.807) is 18.3 Å². The van der Waals surface area contributed by atoms with Gasteiger partial charge in [0.25, 0.3) is 0 Å². The van der Waals surface area contributed by atoms with Gasteiger partial charge < -0.3 is 9.84 Å². The first-order chi connectivity index (χ1) is 9.83. The van der Waals surface area contributed by atoms with Crippen LogP contribution in [-0.2, 0) is 11.3 Å². The molecule has 0 unspecified atom stereocenters. The van der Waals surface area contributed by atoms with Crippen LogP contribution in [0.1, 0.15) is 35.6 Å². The lowest BCUT2D eigenvalue weighted by Crippen LogP contribution is -2.20. The van der Waals surface area contributed by atoms with Gasteiger partial charge in [-0.15, -0.1) is 0 Å². The minimum absolute atomic E-state index is 0.114. The molecule has 3 rings (SSSR count). The Morgan fingerprint density at radius 2 is 2.15 bits per heavy atom. The number of rotatable bonds is 5. The number of hydrogen-bond donors (Lipinski definition) is 1. The van der Waals surface area contributed by atoms with Gasteiger partial charge in [-0.25, -0.2) is 0 Å². The third-order valence-corrected chi connectivity index (χ3v) is 3.30. The monoisotopic (exact) mass is 268 g/mol. The van der Waals surface area contributed by atoms with Gasteiger partial charge in [-0.05, 0) is 24.5 Å². The zero-order chi connectivity index (χ0) is 13.8. The molecule has 0 radical (unpaired) electrons. The van der Waals surface area contributed by atoms with Crippen molar-refractivity contribution in [3.63, 3.8) is 0 Å². The molecule has 20 heavy (non-hydrogen) atoms. The van der Waals surface area contributed by atoms with Crippen molar-refractivity contribution in [2.24, 2.45) is 0 Å². The first kappa shape index (κ1) is 12.7. The highest BCUT2D eigenvalue weighted by Crippen LogP contribution is 2.41. The van der Waals surface area contributed by atoms with Gasteiger partial charge in [0, 0.05) is 24.1 Å². The molecular formula is C16H16N2O2. The van der Waals surface area contributed by atoms with Crippen LogP contribution in [0.3, 0.4) is 0 Å². The molecule has 4 nitrogen and oxygen atoms in total. The van der Waals surface area contributed by atoms with Crippen molar-refractivity contribution in [2.45, 2.75) is 25.3 Å². The molecule has 1 heterocycles. The molecule has 1 aromatic heterocycles. The zero-order valence-electron chi connectivity index (χ0n) is 11.1. The Balaban J connectivity index is 1.54. The fourth-order valence-electron chi connectivity index (χ4n) is 2.06. The number of hydrogen-bond acceptors (Lipinski definition) is 3. The summed E-state index contributed by atoms with van der Waals surface area (Å²) in [5.74, 6) is 1.32. The Morgan fingerprint density at radius 3 is 2.90 bits per heavy atom. The van der Waals surface area contributed by atoms with Crippen molar-refractivity contribution in [3.8, 4) is 0 Å². The van der Waals surface area contributed by atoms with E-state index in [0.717, 1.165) is 29.7 Å². The van der Waals surface area contributed by atoms with Gasteiger partial charge in [-0.3, -0.25) is 4.79 Å². The predicted octanol–water partition coefficient (Wildman–Crippen LogP) is 2.88. The highest BCUT2D eigenvalue weighted by Gasteiger charge is 2.29. The maximum atomic E-state index is 11.8. The van der Waals surface area contributed by atoms with Crippen LogP contribution in [0, 0.1) is 0 Å². The maximum absolute atomic E-state index is 11.8. The lowest BCUT2D eigenvalue weighted by Gasteiger charge is -2.01. The summed E-state index contributed by atoms with van der Waals surface area (Å²) in [5, 5.41) is 6.66. The minimum Gasteiger partial charge on any atom is -0.361 e. The van der Waals surface area contributed by atoms with Gasteiger partial charge in [0.2, 0.25) is 5.91 Å². The first-order valence-corrected chi connectivity index (χ1v) is 6.77. The number of nitrogens with one attached hydrogen (secondary N) is 1. The Kier molecular flexibility index (Phi) is 3.63. The van der Waals surface area contributed by atoms with Gasteiger partial charge in [0.15, 0.2) is 0 Å². The third-order valence-electron chi connectivity index (χ3n) is 3.30. The molecule has 1 saturated carbocycles. The highest BCUT2D eigenvalue weighted by atomic mass is 16.5. The number of benzene rings is 1. The van der Waals surface area contributed by atoms with E-state index in [4.69, 9.17) is 4.52 Å². The van der Waals surface area contributed by atoms with Crippen molar-refractivity contribution in [1.29, 1.82) is 0 Å². The molecule has 0 atom stereocenters. The Labute approximate surface area is 117 Å². The largest absolute Gasteiger partial charge is 0.361 e. The summed E-state index contributed by atoms with van der Waals surface area (Å²) in [5.41, 5.74) is 1.99. The van der Waals surface area contributed by atoms with E-state index in [1.165, 1.54) is 0 Å². The fraction of sp³-hybridized carbons (Fsp3) is 0.250.